The summed E-state index contributed by atoms with van der Waals surface area (Å²) in [6, 6.07) is 8.58. The Morgan fingerprint density at radius 2 is 2.10 bits per heavy atom. The average Bonchev–Trinajstić information content (AvgIpc) is 2.76. The molecule has 0 aliphatic carbocycles. The van der Waals surface area contributed by atoms with Crippen molar-refractivity contribution < 1.29 is 9.90 Å². The van der Waals surface area contributed by atoms with Gasteiger partial charge in [0.2, 0.25) is 0 Å². The molecular formula is C21H20N6O3. The quantitative estimate of drug-likeness (QED) is 0.423. The fourth-order valence-corrected chi connectivity index (χ4v) is 3.37. The molecule has 4 rings (SSSR count). The van der Waals surface area contributed by atoms with Gasteiger partial charge in [0.05, 0.1) is 17.6 Å². The predicted molar refractivity (Wildman–Crippen MR) is 110 cm³/mol. The molecule has 0 aliphatic heterocycles. The van der Waals surface area contributed by atoms with Crippen molar-refractivity contribution in [2.75, 3.05) is 6.61 Å². The molecule has 152 valence electrons. The third-order valence-corrected chi connectivity index (χ3v) is 4.88. The van der Waals surface area contributed by atoms with Crippen LogP contribution in [0.5, 0.6) is 0 Å². The molecule has 3 N–H and O–H groups in total. The van der Waals surface area contributed by atoms with Crippen molar-refractivity contribution in [3.63, 3.8) is 0 Å². The van der Waals surface area contributed by atoms with E-state index in [0.717, 1.165) is 11.1 Å². The molecule has 9 nitrogen and oxygen atoms in total. The second kappa shape index (κ2) is 7.88. The smallest absolute Gasteiger partial charge is 0.267 e. The van der Waals surface area contributed by atoms with Crippen LogP contribution in [0.3, 0.4) is 0 Å². The maximum atomic E-state index is 13.1. The Labute approximate surface area is 170 Å². The van der Waals surface area contributed by atoms with E-state index in [4.69, 9.17) is 5.41 Å². The molecule has 0 spiro atoms. The second-order valence-corrected chi connectivity index (χ2v) is 6.86. The second-order valence-electron chi connectivity index (χ2n) is 6.86. The number of hydrogen-bond donors (Lipinski definition) is 3. The van der Waals surface area contributed by atoms with Crippen LogP contribution in [-0.4, -0.2) is 36.6 Å². The van der Waals surface area contributed by atoms with Crippen molar-refractivity contribution in [1.29, 1.82) is 5.41 Å². The van der Waals surface area contributed by atoms with Crippen LogP contribution >= 0.6 is 0 Å². The lowest BCUT2D eigenvalue weighted by Gasteiger charge is -2.14. The third-order valence-electron chi connectivity index (χ3n) is 4.88. The van der Waals surface area contributed by atoms with Crippen LogP contribution in [0.15, 0.2) is 53.7 Å². The molecular weight excluding hydrogens is 384 g/mol. The molecule has 9 heteroatoms. The zero-order valence-corrected chi connectivity index (χ0v) is 16.3. The monoisotopic (exact) mass is 404 g/mol. The number of nitrogens with one attached hydrogen (secondary N) is 2. The predicted octanol–water partition coefficient (Wildman–Crippen LogP) is 0.754. The number of carbonyl (C=O) groups excluding carboxylic acids is 1. The zero-order chi connectivity index (χ0) is 21.3. The molecule has 0 atom stereocenters. The van der Waals surface area contributed by atoms with Crippen molar-refractivity contribution in [3.8, 4) is 0 Å². The summed E-state index contributed by atoms with van der Waals surface area (Å²) in [6.45, 7) is 1.85. The molecule has 4 aromatic heterocycles. The van der Waals surface area contributed by atoms with E-state index in [1.54, 1.807) is 30.7 Å². The summed E-state index contributed by atoms with van der Waals surface area (Å²) in [5.74, 6) is -0.494. The zero-order valence-electron chi connectivity index (χ0n) is 16.3. The van der Waals surface area contributed by atoms with Crippen molar-refractivity contribution in [2.45, 2.75) is 20.0 Å². The summed E-state index contributed by atoms with van der Waals surface area (Å²) in [5.41, 5.74) is 1.91. The van der Waals surface area contributed by atoms with E-state index < -0.39 is 5.91 Å². The van der Waals surface area contributed by atoms with E-state index in [2.05, 4.69) is 15.3 Å². The summed E-state index contributed by atoms with van der Waals surface area (Å²) < 4.78 is 2.81. The van der Waals surface area contributed by atoms with Crippen LogP contribution in [0.25, 0.3) is 16.7 Å². The van der Waals surface area contributed by atoms with Crippen LogP contribution in [0.2, 0.25) is 0 Å². The minimum absolute atomic E-state index is 0.0337. The lowest BCUT2D eigenvalue weighted by atomic mass is 10.2. The van der Waals surface area contributed by atoms with Gasteiger partial charge in [0, 0.05) is 31.7 Å². The molecule has 0 saturated carbocycles. The van der Waals surface area contributed by atoms with Gasteiger partial charge in [0.15, 0.2) is 0 Å². The number of aliphatic hydroxyl groups is 1. The summed E-state index contributed by atoms with van der Waals surface area (Å²) in [7, 11) is 0. The van der Waals surface area contributed by atoms with Crippen LogP contribution < -0.4 is 16.4 Å². The Morgan fingerprint density at radius 3 is 2.83 bits per heavy atom. The number of aromatic nitrogens is 4. The maximum Gasteiger partial charge on any atom is 0.267 e. The van der Waals surface area contributed by atoms with Crippen LogP contribution in [0.4, 0.5) is 0 Å². The molecule has 0 unspecified atom stereocenters. The summed E-state index contributed by atoms with van der Waals surface area (Å²) in [4.78, 5) is 34.5. The first-order valence-electron chi connectivity index (χ1n) is 9.39. The highest BCUT2D eigenvalue weighted by Crippen LogP contribution is 2.12. The molecule has 30 heavy (non-hydrogen) atoms. The van der Waals surface area contributed by atoms with E-state index >= 15 is 0 Å². The molecule has 4 heterocycles. The first-order chi connectivity index (χ1) is 14.5. The van der Waals surface area contributed by atoms with Crippen LogP contribution in [0.1, 0.15) is 21.5 Å². The van der Waals surface area contributed by atoms with Crippen molar-refractivity contribution in [3.05, 3.63) is 81.5 Å². The van der Waals surface area contributed by atoms with E-state index in [-0.39, 0.29) is 47.3 Å². The van der Waals surface area contributed by atoms with Crippen molar-refractivity contribution >= 4 is 22.6 Å². The van der Waals surface area contributed by atoms with E-state index in [0.29, 0.717) is 5.65 Å². The van der Waals surface area contributed by atoms with Gasteiger partial charge in [-0.05, 0) is 36.2 Å². The number of hydrogen-bond acceptors (Lipinski definition) is 6. The first-order valence-corrected chi connectivity index (χ1v) is 9.39. The Bertz CT molecular complexity index is 1380. The number of rotatable bonds is 5. The third kappa shape index (κ3) is 3.35. The fourth-order valence-electron chi connectivity index (χ4n) is 3.37. The lowest BCUT2D eigenvalue weighted by molar-refractivity contribution is 0.0948. The Hall–Kier alpha value is -3.85. The maximum absolute atomic E-state index is 13.1. The molecule has 4 aromatic rings. The molecule has 0 saturated heterocycles. The largest absolute Gasteiger partial charge is 0.395 e. The minimum atomic E-state index is -0.494. The Balaban J connectivity index is 1.88. The molecule has 0 bridgehead atoms. The molecule has 1 amide bonds. The number of carbonyl (C=O) groups is 1. The number of amides is 1. The van der Waals surface area contributed by atoms with E-state index in [1.165, 1.54) is 15.0 Å². The number of fused-ring (bicyclic) bond motifs is 2. The van der Waals surface area contributed by atoms with Gasteiger partial charge in [0.25, 0.3) is 11.5 Å². The van der Waals surface area contributed by atoms with Gasteiger partial charge in [-0.2, -0.15) is 0 Å². The first kappa shape index (κ1) is 19.5. The van der Waals surface area contributed by atoms with Crippen molar-refractivity contribution in [2.24, 2.45) is 0 Å². The van der Waals surface area contributed by atoms with Crippen LogP contribution in [-0.2, 0) is 13.1 Å². The van der Waals surface area contributed by atoms with Crippen LogP contribution in [0, 0.1) is 12.3 Å². The molecule has 0 radical (unpaired) electrons. The highest BCUT2D eigenvalue weighted by atomic mass is 16.3. The Kier molecular flexibility index (Phi) is 5.11. The topological polar surface area (TPSA) is 125 Å². The average molecular weight is 404 g/mol. The van der Waals surface area contributed by atoms with Gasteiger partial charge >= 0.3 is 0 Å². The summed E-state index contributed by atoms with van der Waals surface area (Å²) in [6.07, 6.45) is 4.89. The standard InChI is InChI=1S/C21H20N6O3/c1-13-4-3-7-27-18(13)25-19-16(21(27)30)10-15(17(22)26(19)8-9-28)20(29)24-12-14-5-2-6-23-11-14/h2-7,10-11,22,28H,8-9,12H2,1H3,(H,24,29). The number of nitrogens with zero attached hydrogens (tertiary/aromatic N) is 4. The van der Waals surface area contributed by atoms with Gasteiger partial charge in [-0.25, -0.2) is 4.98 Å². The van der Waals surface area contributed by atoms with Gasteiger partial charge in [0.1, 0.15) is 16.8 Å². The van der Waals surface area contributed by atoms with Gasteiger partial charge in [-0.1, -0.05) is 12.1 Å². The number of pyridine rings is 3. The fraction of sp³-hybridized carbons (Fsp3) is 0.190. The van der Waals surface area contributed by atoms with E-state index in [1.807, 2.05) is 19.1 Å². The van der Waals surface area contributed by atoms with Gasteiger partial charge < -0.3 is 15.0 Å². The lowest BCUT2D eigenvalue weighted by Crippen LogP contribution is -2.35. The summed E-state index contributed by atoms with van der Waals surface area (Å²) in [5, 5.41) is 21.0. The SMILES string of the molecule is Cc1cccn2c(=O)c3cc(C(=O)NCc4cccnc4)c(=N)n(CCO)c3nc12. The number of aliphatic hydroxyl groups excluding tert-OH is 1. The Morgan fingerprint density at radius 1 is 1.27 bits per heavy atom. The molecule has 0 aromatic carbocycles. The van der Waals surface area contributed by atoms with Crippen molar-refractivity contribution in [1.82, 2.24) is 24.3 Å². The summed E-state index contributed by atoms with van der Waals surface area (Å²) >= 11 is 0. The normalized spacial score (nSPS) is 11.1. The highest BCUT2D eigenvalue weighted by Gasteiger charge is 2.17. The molecule has 0 fully saturated rings. The van der Waals surface area contributed by atoms with Gasteiger partial charge in [-0.3, -0.25) is 24.4 Å². The van der Waals surface area contributed by atoms with E-state index in [9.17, 15) is 14.7 Å². The highest BCUT2D eigenvalue weighted by molar-refractivity contribution is 5.96. The minimum Gasteiger partial charge on any atom is -0.395 e. The molecule has 0 aliphatic rings. The number of aryl methyl sites for hydroxylation is 1. The van der Waals surface area contributed by atoms with Gasteiger partial charge in [-0.15, -0.1) is 0 Å².